The quantitative estimate of drug-likeness (QED) is 0.772. The van der Waals surface area contributed by atoms with Crippen molar-refractivity contribution < 1.29 is 17.9 Å². The summed E-state index contributed by atoms with van der Waals surface area (Å²) in [6.07, 6.45) is 1.45. The molecule has 0 saturated heterocycles. The lowest BCUT2D eigenvalue weighted by Gasteiger charge is -2.04. The lowest BCUT2D eigenvalue weighted by atomic mass is 10.2. The molecule has 0 bridgehead atoms. The number of rotatable bonds is 6. The van der Waals surface area contributed by atoms with Gasteiger partial charge in [-0.15, -0.1) is 0 Å². The SMILES string of the molecule is CCOC(=O)c1cnc(NCc2ccc(S(N)(=O)=O)cc2)s1. The third kappa shape index (κ3) is 4.26. The maximum absolute atomic E-state index is 11.5. The predicted molar refractivity (Wildman–Crippen MR) is 83.2 cm³/mol. The van der Waals surface area contributed by atoms with E-state index in [9.17, 15) is 13.2 Å². The summed E-state index contributed by atoms with van der Waals surface area (Å²) in [6.45, 7) is 2.50. The van der Waals surface area contributed by atoms with Crippen LogP contribution in [0.4, 0.5) is 5.13 Å². The van der Waals surface area contributed by atoms with Gasteiger partial charge in [0.1, 0.15) is 4.88 Å². The summed E-state index contributed by atoms with van der Waals surface area (Å²) in [5.74, 6) is -0.398. The largest absolute Gasteiger partial charge is 0.462 e. The lowest BCUT2D eigenvalue weighted by molar-refractivity contribution is 0.0532. The van der Waals surface area contributed by atoms with Crippen molar-refractivity contribution in [1.82, 2.24) is 4.98 Å². The van der Waals surface area contributed by atoms with Crippen LogP contribution in [-0.4, -0.2) is 26.0 Å². The van der Waals surface area contributed by atoms with Crippen LogP contribution in [-0.2, 0) is 21.3 Å². The fourth-order valence-corrected chi connectivity index (χ4v) is 2.85. The highest BCUT2D eigenvalue weighted by Gasteiger charge is 2.11. The molecule has 0 fully saturated rings. The van der Waals surface area contributed by atoms with E-state index in [-0.39, 0.29) is 4.90 Å². The fraction of sp³-hybridized carbons (Fsp3) is 0.231. The molecule has 1 aromatic carbocycles. The maximum atomic E-state index is 11.5. The second-order valence-corrected chi connectivity index (χ2v) is 6.88. The number of nitrogens with zero attached hydrogens (tertiary/aromatic N) is 1. The van der Waals surface area contributed by atoms with Crippen molar-refractivity contribution in [2.24, 2.45) is 5.14 Å². The topological polar surface area (TPSA) is 111 Å². The van der Waals surface area contributed by atoms with Crippen molar-refractivity contribution in [1.29, 1.82) is 0 Å². The number of hydrogen-bond acceptors (Lipinski definition) is 7. The van der Waals surface area contributed by atoms with Crippen LogP contribution in [0.2, 0.25) is 0 Å². The van der Waals surface area contributed by atoms with Crippen molar-refractivity contribution in [2.45, 2.75) is 18.4 Å². The van der Waals surface area contributed by atoms with E-state index in [2.05, 4.69) is 10.3 Å². The summed E-state index contributed by atoms with van der Waals surface area (Å²) >= 11 is 1.19. The Morgan fingerprint density at radius 1 is 1.36 bits per heavy atom. The van der Waals surface area contributed by atoms with Crippen LogP contribution in [0.5, 0.6) is 0 Å². The van der Waals surface area contributed by atoms with E-state index in [1.807, 2.05) is 0 Å². The van der Waals surface area contributed by atoms with Crippen LogP contribution in [0.25, 0.3) is 0 Å². The van der Waals surface area contributed by atoms with Gasteiger partial charge in [-0.1, -0.05) is 23.5 Å². The molecule has 0 amide bonds. The molecule has 1 heterocycles. The van der Waals surface area contributed by atoms with E-state index < -0.39 is 16.0 Å². The average Bonchev–Trinajstić information content (AvgIpc) is 2.94. The molecule has 1 aromatic heterocycles. The summed E-state index contributed by atoms with van der Waals surface area (Å²) < 4.78 is 27.2. The summed E-state index contributed by atoms with van der Waals surface area (Å²) in [6, 6.07) is 6.20. The van der Waals surface area contributed by atoms with Gasteiger partial charge in [0.25, 0.3) is 0 Å². The van der Waals surface area contributed by atoms with Crippen molar-refractivity contribution in [3.63, 3.8) is 0 Å². The van der Waals surface area contributed by atoms with Gasteiger partial charge in [-0.3, -0.25) is 0 Å². The van der Waals surface area contributed by atoms with Gasteiger partial charge in [0.15, 0.2) is 5.13 Å². The molecule has 0 radical (unpaired) electrons. The third-order valence-corrected chi connectivity index (χ3v) is 4.54. The first-order valence-corrected chi connectivity index (χ1v) is 8.75. The van der Waals surface area contributed by atoms with Gasteiger partial charge in [-0.25, -0.2) is 23.3 Å². The average molecular weight is 341 g/mol. The number of anilines is 1. The number of benzene rings is 1. The molecule has 2 rings (SSSR count). The van der Waals surface area contributed by atoms with Crippen LogP contribution in [0.15, 0.2) is 35.4 Å². The van der Waals surface area contributed by atoms with Crippen molar-refractivity contribution >= 4 is 32.5 Å². The lowest BCUT2D eigenvalue weighted by Crippen LogP contribution is -2.12. The number of aromatic nitrogens is 1. The molecule has 3 N–H and O–H groups in total. The van der Waals surface area contributed by atoms with E-state index >= 15 is 0 Å². The number of sulfonamides is 1. The second-order valence-electron chi connectivity index (χ2n) is 4.29. The number of thiazole rings is 1. The predicted octanol–water partition coefficient (Wildman–Crippen LogP) is 1.58. The molecule has 22 heavy (non-hydrogen) atoms. The minimum Gasteiger partial charge on any atom is -0.462 e. The van der Waals surface area contributed by atoms with Gasteiger partial charge in [0, 0.05) is 6.54 Å². The Hall–Kier alpha value is -1.97. The summed E-state index contributed by atoms with van der Waals surface area (Å²) in [5.41, 5.74) is 0.861. The van der Waals surface area contributed by atoms with Crippen molar-refractivity contribution in [3.8, 4) is 0 Å². The minimum absolute atomic E-state index is 0.0649. The normalized spacial score (nSPS) is 11.2. The van der Waals surface area contributed by atoms with Gasteiger partial charge in [0.2, 0.25) is 10.0 Å². The number of ether oxygens (including phenoxy) is 1. The van der Waals surface area contributed by atoms with Crippen LogP contribution >= 0.6 is 11.3 Å². The summed E-state index contributed by atoms with van der Waals surface area (Å²) in [7, 11) is -3.68. The zero-order valence-electron chi connectivity index (χ0n) is 11.8. The molecule has 0 aliphatic carbocycles. The molecule has 7 nitrogen and oxygen atoms in total. The smallest absolute Gasteiger partial charge is 0.350 e. The highest BCUT2D eigenvalue weighted by atomic mass is 32.2. The van der Waals surface area contributed by atoms with E-state index in [0.29, 0.717) is 23.2 Å². The zero-order chi connectivity index (χ0) is 16.2. The Labute approximate surface area is 132 Å². The molecule has 0 saturated carbocycles. The Morgan fingerprint density at radius 2 is 2.05 bits per heavy atom. The van der Waals surface area contributed by atoms with Crippen LogP contribution in [0.3, 0.4) is 0 Å². The summed E-state index contributed by atoms with van der Waals surface area (Å²) in [4.78, 5) is 16.1. The van der Waals surface area contributed by atoms with E-state index in [1.165, 1.54) is 29.7 Å². The summed E-state index contributed by atoms with van der Waals surface area (Å²) in [5, 5.41) is 8.67. The fourth-order valence-electron chi connectivity index (χ4n) is 1.63. The Bertz CT molecular complexity index is 754. The second kappa shape index (κ2) is 6.86. The Morgan fingerprint density at radius 3 is 2.64 bits per heavy atom. The van der Waals surface area contributed by atoms with Crippen molar-refractivity contribution in [2.75, 3.05) is 11.9 Å². The third-order valence-electron chi connectivity index (χ3n) is 2.68. The molecule has 2 aromatic rings. The number of carbonyl (C=O) groups excluding carboxylic acids is 1. The standard InChI is InChI=1S/C13H15N3O4S2/c1-2-20-12(17)11-8-16-13(21-11)15-7-9-3-5-10(6-4-9)22(14,18)19/h3-6,8H,2,7H2,1H3,(H,15,16)(H2,14,18,19). The maximum Gasteiger partial charge on any atom is 0.350 e. The molecule has 0 atom stereocenters. The molecular formula is C13H15N3O4S2. The van der Waals surface area contributed by atoms with E-state index in [4.69, 9.17) is 9.88 Å². The number of nitrogens with two attached hydrogens (primary N) is 1. The molecule has 0 aliphatic heterocycles. The van der Waals surface area contributed by atoms with Gasteiger partial charge in [0.05, 0.1) is 17.7 Å². The van der Waals surface area contributed by atoms with Gasteiger partial charge in [-0.05, 0) is 24.6 Å². The highest BCUT2D eigenvalue weighted by molar-refractivity contribution is 7.89. The monoisotopic (exact) mass is 341 g/mol. The van der Waals surface area contributed by atoms with Crippen molar-refractivity contribution in [3.05, 3.63) is 40.9 Å². The minimum atomic E-state index is -3.68. The Balaban J connectivity index is 1.97. The molecule has 0 spiro atoms. The number of carbonyl (C=O) groups is 1. The Kier molecular flexibility index (Phi) is 5.11. The molecular weight excluding hydrogens is 326 g/mol. The van der Waals surface area contributed by atoms with Gasteiger partial charge in [-0.2, -0.15) is 0 Å². The number of nitrogens with one attached hydrogen (secondary N) is 1. The molecule has 0 aliphatic rings. The van der Waals surface area contributed by atoms with Crippen LogP contribution < -0.4 is 10.5 Å². The first-order chi connectivity index (χ1) is 10.4. The highest BCUT2D eigenvalue weighted by Crippen LogP contribution is 2.20. The number of hydrogen-bond donors (Lipinski definition) is 2. The number of esters is 1. The van der Waals surface area contributed by atoms with E-state index in [1.54, 1.807) is 19.1 Å². The molecule has 118 valence electrons. The van der Waals surface area contributed by atoms with Gasteiger partial charge >= 0.3 is 5.97 Å². The molecule has 9 heteroatoms. The van der Waals surface area contributed by atoms with E-state index in [0.717, 1.165) is 5.56 Å². The zero-order valence-corrected chi connectivity index (χ0v) is 13.4. The first kappa shape index (κ1) is 16.4. The number of primary sulfonamides is 1. The van der Waals surface area contributed by atoms with Gasteiger partial charge < -0.3 is 10.1 Å². The molecule has 0 unspecified atom stereocenters. The first-order valence-electron chi connectivity index (χ1n) is 6.38. The van der Waals surface area contributed by atoms with Crippen LogP contribution in [0, 0.1) is 0 Å². The van der Waals surface area contributed by atoms with Crippen LogP contribution in [0.1, 0.15) is 22.2 Å².